The Hall–Kier alpha value is -14.4. The molecule has 6 fully saturated rings. The van der Waals surface area contributed by atoms with Crippen LogP contribution in [0.2, 0.25) is 0 Å². The van der Waals surface area contributed by atoms with Crippen LogP contribution in [0.1, 0.15) is 120 Å². The average Bonchev–Trinajstić information content (AvgIpc) is 1.63. The summed E-state index contributed by atoms with van der Waals surface area (Å²) in [5.74, 6) is 1.42. The number of H-pyrrole nitrogens is 6. The molecule has 18 aromatic rings. The van der Waals surface area contributed by atoms with Crippen molar-refractivity contribution in [3.05, 3.63) is 149 Å². The lowest BCUT2D eigenvalue weighted by Gasteiger charge is -2.27. The van der Waals surface area contributed by atoms with Gasteiger partial charge in [0.15, 0.2) is 0 Å². The third kappa shape index (κ3) is 15.6. The van der Waals surface area contributed by atoms with Gasteiger partial charge in [0.1, 0.15) is 158 Å². The fourth-order valence-corrected chi connectivity index (χ4v) is 19.1. The zero-order chi connectivity index (χ0) is 88.0. The van der Waals surface area contributed by atoms with Crippen LogP contribution in [-0.4, -0.2) is 272 Å². The first kappa shape index (κ1) is 83.2. The van der Waals surface area contributed by atoms with E-state index in [2.05, 4.69) is 201 Å². The van der Waals surface area contributed by atoms with E-state index >= 15 is 0 Å². The highest BCUT2D eigenvalue weighted by atomic mass is 16.2. The smallest absolute Gasteiger partial charge is 0.223 e. The first-order valence-electron chi connectivity index (χ1n) is 44.8. The van der Waals surface area contributed by atoms with Crippen LogP contribution in [0.4, 0.5) is 0 Å². The molecule has 0 radical (unpaired) electrons. The van der Waals surface area contributed by atoms with Gasteiger partial charge in [-0.15, -0.1) is 0 Å². The molecule has 24 rings (SSSR count). The van der Waals surface area contributed by atoms with Crippen molar-refractivity contribution in [2.24, 2.45) is 5.92 Å². The van der Waals surface area contributed by atoms with Crippen molar-refractivity contribution < 1.29 is 19.2 Å². The fraction of sp³-hybridized carbons (Fsp3) is 0.416. The van der Waals surface area contributed by atoms with Gasteiger partial charge in [-0.05, 0) is 87.9 Å². The maximum Gasteiger partial charge on any atom is 0.223 e. The summed E-state index contributed by atoms with van der Waals surface area (Å²) >= 11 is 0. The van der Waals surface area contributed by atoms with E-state index in [1.54, 1.807) is 31.1 Å². The van der Waals surface area contributed by atoms with Crippen LogP contribution in [0, 0.1) is 5.92 Å². The average molecular weight is 1730 g/mol. The van der Waals surface area contributed by atoms with E-state index in [1.165, 1.54) is 24.8 Å². The first-order valence-corrected chi connectivity index (χ1v) is 44.8. The van der Waals surface area contributed by atoms with Crippen molar-refractivity contribution >= 4 is 156 Å². The number of aromatic amines is 6. The van der Waals surface area contributed by atoms with Gasteiger partial charge in [0, 0.05) is 159 Å². The topological polar surface area (TPSA) is 400 Å². The minimum absolute atomic E-state index is 0.111. The van der Waals surface area contributed by atoms with Gasteiger partial charge in [0.25, 0.3) is 0 Å². The summed E-state index contributed by atoms with van der Waals surface area (Å²) in [4.78, 5) is 125. The molecule has 39 nitrogen and oxygen atoms in total. The Labute approximate surface area is 735 Å². The van der Waals surface area contributed by atoms with Crippen LogP contribution in [0.5, 0.6) is 0 Å². The summed E-state index contributed by atoms with van der Waals surface area (Å²) in [6, 6.07) is 14.1. The molecule has 24 heterocycles. The van der Waals surface area contributed by atoms with Gasteiger partial charge in [-0.25, -0.2) is 87.9 Å². The molecule has 4 amide bonds. The second kappa shape index (κ2) is 35.6. The number of nitrogens with one attached hydrogen (secondary N) is 8. The lowest BCUT2D eigenvalue weighted by Crippen LogP contribution is -2.40. The highest BCUT2D eigenvalue weighted by Gasteiger charge is 2.36. The molecule has 18 aromatic heterocycles. The summed E-state index contributed by atoms with van der Waals surface area (Å²) in [6.07, 6.45) is 41.1. The lowest BCUT2D eigenvalue weighted by molar-refractivity contribution is -0.130. The zero-order valence-electron chi connectivity index (χ0n) is 73.6. The highest BCUT2D eigenvalue weighted by molar-refractivity contribution is 6.05. The minimum Gasteiger partial charge on any atom is -0.351 e. The quantitative estimate of drug-likeness (QED) is 0.0473. The number of aromatic nitrogens is 24. The Bertz CT molecular complexity index is 7000. The maximum absolute atomic E-state index is 12.1. The third-order valence-electron chi connectivity index (χ3n) is 25.6. The number of carbonyl (C=O) groups is 4. The zero-order valence-corrected chi connectivity index (χ0v) is 73.6. The molecule has 8 N–H and O–H groups in total. The second-order valence-corrected chi connectivity index (χ2v) is 33.6. The fourth-order valence-electron chi connectivity index (χ4n) is 19.1. The van der Waals surface area contributed by atoms with E-state index in [0.29, 0.717) is 63.8 Å². The predicted molar refractivity (Wildman–Crippen MR) is 496 cm³/mol. The summed E-state index contributed by atoms with van der Waals surface area (Å²) in [6.45, 7) is 29.4. The van der Waals surface area contributed by atoms with Gasteiger partial charge in [0.2, 0.25) is 23.6 Å². The summed E-state index contributed by atoms with van der Waals surface area (Å²) < 4.78 is 12.7. The number of likely N-dealkylation sites (N-methyl/N-ethyl adjacent to an activating group) is 1. The van der Waals surface area contributed by atoms with Gasteiger partial charge >= 0.3 is 0 Å². The minimum atomic E-state index is 0.111. The largest absolute Gasteiger partial charge is 0.351 e. The SMILES string of the molecule is CCC(=O)N1CC(C)N(n2cnc3cnc4[nH]ccc4c32)C1.CCC(=O)N1CCN(n2cnc3cnc4[nH]ccc4c32)C1.CCC(=O)N1C[C@@H](CC)N(n2cnc3cnc4[nH]ccc4c32)C1.CCC(=O)NC1CCN(n2cnc3cnc4[nH]ccc4c32)C1.CCNC1CCN(n2cnc3cnc4[nH]ccc4c32)C1.CC[C@@H]1C[C@H](C)CN1n1cnc2cnc3[nH]ccc3c21. The number of imidazole rings is 6. The van der Waals surface area contributed by atoms with Gasteiger partial charge in [-0.3, -0.25) is 34.2 Å². The summed E-state index contributed by atoms with van der Waals surface area (Å²) in [7, 11) is 0. The number of nitrogens with zero attached hydrogens (tertiary/aromatic N) is 27. The number of fused-ring (bicyclic) bond motifs is 18. The Kier molecular flexibility index (Phi) is 23.1. The van der Waals surface area contributed by atoms with E-state index in [0.717, 1.165) is 211 Å². The molecular weight excluding hydrogens is 1620 g/mol. The third-order valence-corrected chi connectivity index (χ3v) is 25.6. The Morgan fingerprint density at radius 1 is 0.352 bits per heavy atom. The number of hydrogen-bond donors (Lipinski definition) is 8. The molecule has 6 aliphatic heterocycles. The molecule has 0 spiro atoms. The predicted octanol–water partition coefficient (Wildman–Crippen LogP) is 9.40. The van der Waals surface area contributed by atoms with E-state index < -0.39 is 0 Å². The molecule has 3 unspecified atom stereocenters. The molecule has 128 heavy (non-hydrogen) atoms. The molecule has 0 aliphatic carbocycles. The normalized spacial score (nSPS) is 18.9. The molecule has 6 atom stereocenters. The number of rotatable bonds is 15. The number of carbonyl (C=O) groups excluding carboxylic acids is 4. The molecule has 0 bridgehead atoms. The van der Waals surface area contributed by atoms with Gasteiger partial charge in [-0.1, -0.05) is 55.4 Å². The number of amides is 4. The summed E-state index contributed by atoms with van der Waals surface area (Å²) in [5.41, 5.74) is 17.1. The number of hydrogen-bond acceptors (Lipinski definition) is 23. The van der Waals surface area contributed by atoms with E-state index in [4.69, 9.17) is 0 Å². The molecule has 6 aliphatic rings. The van der Waals surface area contributed by atoms with E-state index in [-0.39, 0.29) is 35.7 Å². The van der Waals surface area contributed by atoms with Gasteiger partial charge in [0.05, 0.1) is 62.4 Å². The number of pyridine rings is 6. The van der Waals surface area contributed by atoms with Crippen LogP contribution >= 0.6 is 0 Å². The monoisotopic (exact) mass is 1730 g/mol. The van der Waals surface area contributed by atoms with Crippen LogP contribution in [-0.2, 0) is 19.2 Å². The Morgan fingerprint density at radius 2 is 0.703 bits per heavy atom. The van der Waals surface area contributed by atoms with Crippen LogP contribution < -0.4 is 40.7 Å². The molecule has 0 saturated carbocycles. The standard InChI is InChI=1S/C16H20N6O.2C15H18N6O.C15H19N5.C14H16N6O.C14H18N6/c1-3-11-8-20(14(23)4-2)10-22(11)21-9-19-13-7-18-16-12(15(13)21)5-6-17-16;1-3-13(22)19-7-10(2)21(9-19)20-8-18-12-6-17-15-11(14(12)20)4-5-16-15;1-2-13(22)19-10-4-6-20(8-10)21-9-18-12-7-17-15-11(14(12)21)3-5-16-15;1-3-11-6-10(2)8-19(11)20-9-18-13-7-17-15-12(14(13)20)4-5-16-15;1-2-12(21)18-5-6-19(9-18)20-8-17-11-7-16-14-10(13(11)20)3-4-15-14;1-2-15-10-4-6-19(8-10)20-9-18-12-7-17-14-11(13(12)20)3-5-16-14/h5-7,9,11H,3-4,8,10H2,1-2H3,(H,17,18);4-6,8,10H,3,7,9H2,1-2H3,(H,16,17);3,5,7,9-10H,2,4,6,8H2,1H3,(H,16,17)(H,19,22);4-5,7,9-11H,3,6,8H2,1-2H3,(H,16,17);3-4,7-8H,2,5-6,9H2,1H3,(H,15,16);3,5,7,9-10,15H,2,4,6,8H2,1H3,(H,16,17)/t11-;;;10-,11+;;/m1..0../s1. The summed E-state index contributed by atoms with van der Waals surface area (Å²) in [5, 5.41) is 26.7. The Morgan fingerprint density at radius 3 is 1.10 bits per heavy atom. The molecule has 6 saturated heterocycles. The van der Waals surface area contributed by atoms with Crippen molar-refractivity contribution in [1.29, 1.82) is 0 Å². The van der Waals surface area contributed by atoms with Gasteiger partial charge in [-0.2, -0.15) is 0 Å². The van der Waals surface area contributed by atoms with Crippen LogP contribution in [0.3, 0.4) is 0 Å². The maximum atomic E-state index is 12.1. The highest BCUT2D eigenvalue weighted by Crippen LogP contribution is 2.33. The van der Waals surface area contributed by atoms with Crippen molar-refractivity contribution in [3.8, 4) is 0 Å². The second-order valence-electron chi connectivity index (χ2n) is 33.6. The van der Waals surface area contributed by atoms with Crippen molar-refractivity contribution in [3.63, 3.8) is 0 Å². The van der Waals surface area contributed by atoms with Crippen LogP contribution in [0.25, 0.3) is 132 Å². The van der Waals surface area contributed by atoms with Crippen LogP contribution in [0.15, 0.2) is 149 Å². The van der Waals surface area contributed by atoms with E-state index in [1.807, 2.05) is 153 Å². The lowest BCUT2D eigenvalue weighted by atomic mass is 10.1. The molecule has 39 heteroatoms. The molecular formula is C89H109N35O4. The van der Waals surface area contributed by atoms with Gasteiger partial charge < -0.3 is 70.3 Å². The van der Waals surface area contributed by atoms with Crippen molar-refractivity contribution in [2.75, 3.05) is 116 Å². The first-order chi connectivity index (χ1) is 62.6. The van der Waals surface area contributed by atoms with E-state index in [9.17, 15) is 19.2 Å². The Balaban J connectivity index is 0.0000001000. The van der Waals surface area contributed by atoms with Crippen molar-refractivity contribution in [1.82, 2.24) is 143 Å². The molecule has 664 valence electrons. The van der Waals surface area contributed by atoms with Crippen molar-refractivity contribution in [2.45, 2.75) is 150 Å². The molecule has 0 aromatic carbocycles.